The first-order chi connectivity index (χ1) is 16.7. The molecule has 2 heterocycles. The Hall–Kier alpha value is -3.90. The second kappa shape index (κ2) is 9.93. The SMILES string of the molecule is COc1ccccc1-c1cc(C(=O)N2CCN(C(c3ccccc3)c3ccccc3)CC2)no1. The largest absolute Gasteiger partial charge is 0.496 e. The molecule has 0 saturated carbocycles. The van der Waals surface area contributed by atoms with Gasteiger partial charge < -0.3 is 14.2 Å². The number of aromatic nitrogens is 1. The highest BCUT2D eigenvalue weighted by atomic mass is 16.5. The van der Waals surface area contributed by atoms with E-state index in [0.717, 1.165) is 18.7 Å². The highest BCUT2D eigenvalue weighted by Gasteiger charge is 2.29. The van der Waals surface area contributed by atoms with Gasteiger partial charge in [0.1, 0.15) is 5.75 Å². The van der Waals surface area contributed by atoms with Crippen LogP contribution in [0.1, 0.15) is 27.7 Å². The van der Waals surface area contributed by atoms with Crippen molar-refractivity contribution in [2.45, 2.75) is 6.04 Å². The molecule has 6 heteroatoms. The third kappa shape index (κ3) is 4.45. The average molecular weight is 454 g/mol. The van der Waals surface area contributed by atoms with Crippen LogP contribution in [0, 0.1) is 0 Å². The Morgan fingerprint density at radius 3 is 2.06 bits per heavy atom. The molecule has 0 atom stereocenters. The molecule has 172 valence electrons. The summed E-state index contributed by atoms with van der Waals surface area (Å²) < 4.78 is 10.9. The Balaban J connectivity index is 1.30. The van der Waals surface area contributed by atoms with Crippen LogP contribution >= 0.6 is 0 Å². The summed E-state index contributed by atoms with van der Waals surface area (Å²) in [6, 6.07) is 30.5. The molecule has 0 bridgehead atoms. The highest BCUT2D eigenvalue weighted by molar-refractivity contribution is 5.93. The number of nitrogens with zero attached hydrogens (tertiary/aromatic N) is 3. The van der Waals surface area contributed by atoms with Crippen molar-refractivity contribution in [1.82, 2.24) is 15.0 Å². The molecule has 1 aliphatic rings. The van der Waals surface area contributed by atoms with E-state index in [0.29, 0.717) is 30.3 Å². The number of piperazine rings is 1. The van der Waals surface area contributed by atoms with Crippen LogP contribution in [-0.2, 0) is 0 Å². The summed E-state index contributed by atoms with van der Waals surface area (Å²) in [5.41, 5.74) is 3.60. The first-order valence-corrected chi connectivity index (χ1v) is 11.5. The van der Waals surface area contributed by atoms with Crippen molar-refractivity contribution in [2.24, 2.45) is 0 Å². The van der Waals surface area contributed by atoms with E-state index in [4.69, 9.17) is 9.26 Å². The Kier molecular flexibility index (Phi) is 6.40. The Morgan fingerprint density at radius 2 is 1.44 bits per heavy atom. The lowest BCUT2D eigenvalue weighted by molar-refractivity contribution is 0.0588. The van der Waals surface area contributed by atoms with E-state index in [9.17, 15) is 4.79 Å². The summed E-state index contributed by atoms with van der Waals surface area (Å²) in [5.74, 6) is 1.09. The number of benzene rings is 3. The zero-order valence-corrected chi connectivity index (χ0v) is 19.1. The summed E-state index contributed by atoms with van der Waals surface area (Å²) >= 11 is 0. The molecular formula is C28H27N3O3. The van der Waals surface area contributed by atoms with Crippen molar-refractivity contribution >= 4 is 5.91 Å². The first kappa shape index (κ1) is 21.9. The molecule has 1 fully saturated rings. The quantitative estimate of drug-likeness (QED) is 0.416. The molecule has 1 saturated heterocycles. The van der Waals surface area contributed by atoms with Crippen molar-refractivity contribution in [3.8, 4) is 17.1 Å². The van der Waals surface area contributed by atoms with E-state index < -0.39 is 0 Å². The molecule has 0 aliphatic carbocycles. The number of hydrogen-bond donors (Lipinski definition) is 0. The summed E-state index contributed by atoms with van der Waals surface area (Å²) in [7, 11) is 1.61. The summed E-state index contributed by atoms with van der Waals surface area (Å²) in [6.07, 6.45) is 0. The second-order valence-corrected chi connectivity index (χ2v) is 8.33. The maximum Gasteiger partial charge on any atom is 0.276 e. The van der Waals surface area contributed by atoms with Gasteiger partial charge in [0.15, 0.2) is 11.5 Å². The molecule has 0 spiro atoms. The maximum absolute atomic E-state index is 13.2. The minimum atomic E-state index is -0.111. The molecule has 6 nitrogen and oxygen atoms in total. The van der Waals surface area contributed by atoms with Gasteiger partial charge in [0.2, 0.25) is 0 Å². The van der Waals surface area contributed by atoms with Gasteiger partial charge in [-0.05, 0) is 23.3 Å². The zero-order chi connectivity index (χ0) is 23.3. The fraction of sp³-hybridized carbons (Fsp3) is 0.214. The maximum atomic E-state index is 13.2. The lowest BCUT2D eigenvalue weighted by Crippen LogP contribution is -2.50. The van der Waals surface area contributed by atoms with Gasteiger partial charge in [0.05, 0.1) is 18.7 Å². The van der Waals surface area contributed by atoms with E-state index in [1.807, 2.05) is 41.3 Å². The van der Waals surface area contributed by atoms with Crippen LogP contribution in [0.4, 0.5) is 0 Å². The van der Waals surface area contributed by atoms with Crippen molar-refractivity contribution in [2.75, 3.05) is 33.3 Å². The van der Waals surface area contributed by atoms with Gasteiger partial charge in [-0.1, -0.05) is 78.0 Å². The van der Waals surface area contributed by atoms with E-state index in [-0.39, 0.29) is 11.9 Å². The third-order valence-corrected chi connectivity index (χ3v) is 6.30. The van der Waals surface area contributed by atoms with Crippen LogP contribution in [-0.4, -0.2) is 54.2 Å². The lowest BCUT2D eigenvalue weighted by Gasteiger charge is -2.39. The van der Waals surface area contributed by atoms with Crippen LogP contribution < -0.4 is 4.74 Å². The van der Waals surface area contributed by atoms with Crippen molar-refractivity contribution < 1.29 is 14.1 Å². The number of carbonyl (C=O) groups is 1. The monoisotopic (exact) mass is 453 g/mol. The molecule has 1 aromatic heterocycles. The minimum Gasteiger partial charge on any atom is -0.496 e. The summed E-state index contributed by atoms with van der Waals surface area (Å²) in [5, 5.41) is 4.06. The topological polar surface area (TPSA) is 58.8 Å². The predicted molar refractivity (Wildman–Crippen MR) is 131 cm³/mol. The standard InChI is InChI=1S/C28H27N3O3/c1-33-25-15-9-8-14-23(25)26-20-24(29-34-26)28(32)31-18-16-30(17-19-31)27(21-10-4-2-5-11-21)22-12-6-3-7-13-22/h2-15,20,27H,16-19H2,1H3. The number of carbonyl (C=O) groups excluding carboxylic acids is 1. The Morgan fingerprint density at radius 1 is 0.853 bits per heavy atom. The summed E-state index contributed by atoms with van der Waals surface area (Å²) in [4.78, 5) is 17.5. The number of methoxy groups -OCH3 is 1. The number of ether oxygens (including phenoxy) is 1. The van der Waals surface area contributed by atoms with Gasteiger partial charge in [-0.25, -0.2) is 0 Å². The van der Waals surface area contributed by atoms with Crippen LogP contribution in [0.5, 0.6) is 5.75 Å². The van der Waals surface area contributed by atoms with E-state index in [2.05, 4.69) is 58.6 Å². The molecule has 4 aromatic rings. The average Bonchev–Trinajstić information content (AvgIpc) is 3.40. The number of para-hydroxylation sites is 1. The number of hydrogen-bond acceptors (Lipinski definition) is 5. The van der Waals surface area contributed by atoms with E-state index in [1.165, 1.54) is 11.1 Å². The second-order valence-electron chi connectivity index (χ2n) is 8.33. The molecular weight excluding hydrogens is 426 g/mol. The Bertz CT molecular complexity index is 1190. The highest BCUT2D eigenvalue weighted by Crippen LogP contribution is 2.31. The third-order valence-electron chi connectivity index (χ3n) is 6.30. The van der Waals surface area contributed by atoms with Crippen molar-refractivity contribution in [1.29, 1.82) is 0 Å². The van der Waals surface area contributed by atoms with Gasteiger partial charge in [-0.3, -0.25) is 9.69 Å². The molecule has 0 N–H and O–H groups in total. The smallest absolute Gasteiger partial charge is 0.276 e. The first-order valence-electron chi connectivity index (χ1n) is 11.5. The van der Waals surface area contributed by atoms with Gasteiger partial charge in [-0.15, -0.1) is 0 Å². The van der Waals surface area contributed by atoms with Gasteiger partial charge in [-0.2, -0.15) is 0 Å². The fourth-order valence-electron chi connectivity index (χ4n) is 4.58. The van der Waals surface area contributed by atoms with Crippen LogP contribution in [0.25, 0.3) is 11.3 Å². The minimum absolute atomic E-state index is 0.111. The molecule has 1 aliphatic heterocycles. The molecule has 0 unspecified atom stereocenters. The molecule has 1 amide bonds. The van der Waals surface area contributed by atoms with E-state index >= 15 is 0 Å². The molecule has 3 aromatic carbocycles. The van der Waals surface area contributed by atoms with Crippen LogP contribution in [0.2, 0.25) is 0 Å². The predicted octanol–water partition coefficient (Wildman–Crippen LogP) is 4.90. The molecule has 5 rings (SSSR count). The van der Waals surface area contributed by atoms with Crippen molar-refractivity contribution in [3.05, 3.63) is 108 Å². The normalized spacial score (nSPS) is 14.4. The fourth-order valence-corrected chi connectivity index (χ4v) is 4.58. The van der Waals surface area contributed by atoms with Crippen LogP contribution in [0.15, 0.2) is 95.5 Å². The number of amides is 1. The number of rotatable bonds is 6. The summed E-state index contributed by atoms with van der Waals surface area (Å²) in [6.45, 7) is 2.81. The molecule has 34 heavy (non-hydrogen) atoms. The van der Waals surface area contributed by atoms with Crippen molar-refractivity contribution in [3.63, 3.8) is 0 Å². The van der Waals surface area contributed by atoms with Gasteiger partial charge >= 0.3 is 0 Å². The van der Waals surface area contributed by atoms with Crippen LogP contribution in [0.3, 0.4) is 0 Å². The van der Waals surface area contributed by atoms with E-state index in [1.54, 1.807) is 13.2 Å². The van der Waals surface area contributed by atoms with Gasteiger partial charge in [0.25, 0.3) is 5.91 Å². The molecule has 0 radical (unpaired) electrons. The Labute approximate surface area is 199 Å². The zero-order valence-electron chi connectivity index (χ0n) is 19.1. The van der Waals surface area contributed by atoms with Gasteiger partial charge in [0, 0.05) is 32.2 Å². The lowest BCUT2D eigenvalue weighted by atomic mass is 9.96.